The summed E-state index contributed by atoms with van der Waals surface area (Å²) in [6.45, 7) is 3.65. The SMILES string of the molecule is Cc1[nH]ncc1CNCc1ccc(N(C)C)nc1. The molecule has 5 heteroatoms. The van der Waals surface area contributed by atoms with Crippen molar-refractivity contribution in [2.24, 2.45) is 0 Å². The number of aromatic nitrogens is 3. The predicted octanol–water partition coefficient (Wildman–Crippen LogP) is 1.47. The molecule has 0 spiro atoms. The molecule has 0 unspecified atom stereocenters. The number of nitrogens with zero attached hydrogens (tertiary/aromatic N) is 3. The van der Waals surface area contributed by atoms with Crippen LogP contribution < -0.4 is 10.2 Å². The second kappa shape index (κ2) is 5.64. The normalized spacial score (nSPS) is 10.6. The van der Waals surface area contributed by atoms with E-state index in [1.165, 1.54) is 11.1 Å². The van der Waals surface area contributed by atoms with E-state index in [9.17, 15) is 0 Å². The van der Waals surface area contributed by atoms with E-state index in [1.807, 2.05) is 44.4 Å². The summed E-state index contributed by atoms with van der Waals surface area (Å²) in [5.74, 6) is 0.976. The Morgan fingerprint density at radius 1 is 1.22 bits per heavy atom. The van der Waals surface area contributed by atoms with Gasteiger partial charge in [-0.05, 0) is 18.6 Å². The van der Waals surface area contributed by atoms with E-state index in [4.69, 9.17) is 0 Å². The summed E-state index contributed by atoms with van der Waals surface area (Å²) in [5, 5.41) is 10.3. The molecule has 0 saturated heterocycles. The number of hydrogen-bond acceptors (Lipinski definition) is 4. The van der Waals surface area contributed by atoms with Crippen LogP contribution in [0.15, 0.2) is 24.5 Å². The molecular weight excluding hydrogens is 226 g/mol. The molecule has 2 rings (SSSR count). The maximum absolute atomic E-state index is 4.38. The van der Waals surface area contributed by atoms with Crippen LogP contribution in [0.25, 0.3) is 0 Å². The van der Waals surface area contributed by atoms with Gasteiger partial charge in [0.15, 0.2) is 0 Å². The molecule has 96 valence electrons. The van der Waals surface area contributed by atoms with E-state index in [0.717, 1.165) is 24.6 Å². The van der Waals surface area contributed by atoms with E-state index < -0.39 is 0 Å². The highest BCUT2D eigenvalue weighted by Gasteiger charge is 2.00. The lowest BCUT2D eigenvalue weighted by Gasteiger charge is -2.11. The monoisotopic (exact) mass is 245 g/mol. The highest BCUT2D eigenvalue weighted by molar-refractivity contribution is 5.37. The highest BCUT2D eigenvalue weighted by Crippen LogP contribution is 2.08. The lowest BCUT2D eigenvalue weighted by molar-refractivity contribution is 0.689. The molecule has 0 aromatic carbocycles. The van der Waals surface area contributed by atoms with Crippen molar-refractivity contribution in [1.82, 2.24) is 20.5 Å². The van der Waals surface area contributed by atoms with Gasteiger partial charge < -0.3 is 10.2 Å². The van der Waals surface area contributed by atoms with Gasteiger partial charge in [0.25, 0.3) is 0 Å². The van der Waals surface area contributed by atoms with Crippen LogP contribution in [0.3, 0.4) is 0 Å². The number of anilines is 1. The van der Waals surface area contributed by atoms with Crippen molar-refractivity contribution in [2.45, 2.75) is 20.0 Å². The molecule has 0 aliphatic carbocycles. The van der Waals surface area contributed by atoms with Crippen LogP contribution in [-0.2, 0) is 13.1 Å². The molecular formula is C13H19N5. The highest BCUT2D eigenvalue weighted by atomic mass is 15.1. The summed E-state index contributed by atoms with van der Waals surface area (Å²) < 4.78 is 0. The van der Waals surface area contributed by atoms with Gasteiger partial charge >= 0.3 is 0 Å². The topological polar surface area (TPSA) is 56.8 Å². The molecule has 0 amide bonds. The van der Waals surface area contributed by atoms with E-state index in [-0.39, 0.29) is 0 Å². The average molecular weight is 245 g/mol. The average Bonchev–Trinajstić information content (AvgIpc) is 2.76. The second-order valence-electron chi connectivity index (χ2n) is 4.54. The Morgan fingerprint density at radius 3 is 2.61 bits per heavy atom. The fourth-order valence-electron chi connectivity index (χ4n) is 1.68. The maximum atomic E-state index is 4.38. The van der Waals surface area contributed by atoms with Gasteiger partial charge in [-0.25, -0.2) is 4.98 Å². The summed E-state index contributed by atoms with van der Waals surface area (Å²) in [7, 11) is 3.98. The molecule has 0 aliphatic heterocycles. The Balaban J connectivity index is 1.85. The van der Waals surface area contributed by atoms with Crippen molar-refractivity contribution in [3.63, 3.8) is 0 Å². The summed E-state index contributed by atoms with van der Waals surface area (Å²) in [6.07, 6.45) is 3.76. The quantitative estimate of drug-likeness (QED) is 0.837. The van der Waals surface area contributed by atoms with E-state index >= 15 is 0 Å². The summed E-state index contributed by atoms with van der Waals surface area (Å²) in [6, 6.07) is 4.12. The van der Waals surface area contributed by atoms with Gasteiger partial charge in [0, 0.05) is 44.6 Å². The first-order valence-electron chi connectivity index (χ1n) is 5.98. The van der Waals surface area contributed by atoms with Crippen molar-refractivity contribution in [2.75, 3.05) is 19.0 Å². The molecule has 2 N–H and O–H groups in total. The summed E-state index contributed by atoms with van der Waals surface area (Å²) >= 11 is 0. The number of aryl methyl sites for hydroxylation is 1. The molecule has 2 aromatic rings. The molecule has 5 nitrogen and oxygen atoms in total. The minimum atomic E-state index is 0.811. The first-order valence-corrected chi connectivity index (χ1v) is 5.98. The molecule has 2 heterocycles. The Labute approximate surface area is 107 Å². The van der Waals surface area contributed by atoms with E-state index in [2.05, 4.69) is 26.6 Å². The molecule has 18 heavy (non-hydrogen) atoms. The fourth-order valence-corrected chi connectivity index (χ4v) is 1.68. The van der Waals surface area contributed by atoms with Crippen LogP contribution >= 0.6 is 0 Å². The number of H-pyrrole nitrogens is 1. The Bertz CT molecular complexity index is 486. The lowest BCUT2D eigenvalue weighted by Crippen LogP contribution is -2.14. The third-order valence-electron chi connectivity index (χ3n) is 2.85. The van der Waals surface area contributed by atoms with Gasteiger partial charge in [0.1, 0.15) is 5.82 Å². The first kappa shape index (κ1) is 12.6. The van der Waals surface area contributed by atoms with Crippen molar-refractivity contribution in [3.8, 4) is 0 Å². The number of rotatable bonds is 5. The second-order valence-corrected chi connectivity index (χ2v) is 4.54. The van der Waals surface area contributed by atoms with Gasteiger partial charge in [-0.15, -0.1) is 0 Å². The zero-order valence-corrected chi connectivity index (χ0v) is 11.1. The molecule has 0 bridgehead atoms. The lowest BCUT2D eigenvalue weighted by atomic mass is 10.2. The van der Waals surface area contributed by atoms with Gasteiger partial charge in [-0.2, -0.15) is 5.10 Å². The van der Waals surface area contributed by atoms with Gasteiger partial charge in [-0.1, -0.05) is 6.07 Å². The van der Waals surface area contributed by atoms with E-state index in [1.54, 1.807) is 0 Å². The van der Waals surface area contributed by atoms with Crippen molar-refractivity contribution < 1.29 is 0 Å². The Hall–Kier alpha value is -1.88. The molecule has 0 atom stereocenters. The minimum absolute atomic E-state index is 0.811. The molecule has 2 aromatic heterocycles. The molecule has 0 fully saturated rings. The van der Waals surface area contributed by atoms with Crippen LogP contribution in [0.5, 0.6) is 0 Å². The number of aromatic amines is 1. The third kappa shape index (κ3) is 3.07. The first-order chi connectivity index (χ1) is 8.66. The molecule has 0 aliphatic rings. The van der Waals surface area contributed by atoms with Crippen LogP contribution in [0, 0.1) is 6.92 Å². The predicted molar refractivity (Wildman–Crippen MR) is 72.4 cm³/mol. The van der Waals surface area contributed by atoms with Crippen LogP contribution in [0.2, 0.25) is 0 Å². The Kier molecular flexibility index (Phi) is 3.94. The number of nitrogens with one attached hydrogen (secondary N) is 2. The van der Waals surface area contributed by atoms with Gasteiger partial charge in [0.05, 0.1) is 6.20 Å². The molecule has 0 saturated carbocycles. The van der Waals surface area contributed by atoms with Crippen molar-refractivity contribution >= 4 is 5.82 Å². The summed E-state index contributed by atoms with van der Waals surface area (Å²) in [5.41, 5.74) is 3.50. The zero-order chi connectivity index (χ0) is 13.0. The number of hydrogen-bond donors (Lipinski definition) is 2. The largest absolute Gasteiger partial charge is 0.363 e. The van der Waals surface area contributed by atoms with Gasteiger partial charge in [0.2, 0.25) is 0 Å². The minimum Gasteiger partial charge on any atom is -0.363 e. The van der Waals surface area contributed by atoms with Gasteiger partial charge in [-0.3, -0.25) is 5.10 Å². The standard InChI is InChI=1S/C13H19N5/c1-10-12(9-16-17-10)8-14-6-11-4-5-13(15-7-11)18(2)3/h4-5,7,9,14H,6,8H2,1-3H3,(H,16,17). The maximum Gasteiger partial charge on any atom is 0.127 e. The van der Waals surface area contributed by atoms with Crippen LogP contribution in [-0.4, -0.2) is 29.3 Å². The zero-order valence-electron chi connectivity index (χ0n) is 11.1. The Morgan fingerprint density at radius 2 is 2.06 bits per heavy atom. The van der Waals surface area contributed by atoms with E-state index in [0.29, 0.717) is 0 Å². The smallest absolute Gasteiger partial charge is 0.127 e. The summed E-state index contributed by atoms with van der Waals surface area (Å²) in [4.78, 5) is 6.37. The van der Waals surface area contributed by atoms with Crippen LogP contribution in [0.1, 0.15) is 16.8 Å². The van der Waals surface area contributed by atoms with Crippen molar-refractivity contribution in [3.05, 3.63) is 41.3 Å². The fraction of sp³-hybridized carbons (Fsp3) is 0.385. The third-order valence-corrected chi connectivity index (χ3v) is 2.85. The molecule has 0 radical (unpaired) electrons. The van der Waals surface area contributed by atoms with Crippen molar-refractivity contribution in [1.29, 1.82) is 0 Å². The van der Waals surface area contributed by atoms with Crippen LogP contribution in [0.4, 0.5) is 5.82 Å². The number of pyridine rings is 1.